The Morgan fingerprint density at radius 2 is 2.00 bits per heavy atom. The Bertz CT molecular complexity index is 256. The van der Waals surface area contributed by atoms with Crippen LogP contribution in [-0.4, -0.2) is 30.8 Å². The van der Waals surface area contributed by atoms with Crippen molar-refractivity contribution in [2.75, 3.05) is 6.54 Å². The summed E-state index contributed by atoms with van der Waals surface area (Å²) in [5, 5.41) is 4.91. The van der Waals surface area contributed by atoms with Crippen LogP contribution in [0.4, 0.5) is 4.79 Å². The van der Waals surface area contributed by atoms with E-state index in [-0.39, 0.29) is 6.42 Å². The first-order chi connectivity index (χ1) is 8.10. The molecule has 0 fully saturated rings. The first-order valence-corrected chi connectivity index (χ1v) is 5.80. The van der Waals surface area contributed by atoms with Crippen LogP contribution in [0, 0.1) is 0 Å². The van der Waals surface area contributed by atoms with Crippen molar-refractivity contribution in [2.45, 2.75) is 45.1 Å². The summed E-state index contributed by atoms with van der Waals surface area (Å²) in [6.07, 6.45) is 5.54. The fraction of sp³-hybridized carbons (Fsp3) is 0.727. The average Bonchev–Trinajstić information content (AvgIpc) is 2.27. The predicted molar refractivity (Wildman–Crippen MR) is 64.0 cm³/mol. The van der Waals surface area contributed by atoms with Crippen molar-refractivity contribution in [3.05, 3.63) is 0 Å². The van der Waals surface area contributed by atoms with E-state index in [0.29, 0.717) is 6.54 Å². The van der Waals surface area contributed by atoms with Gasteiger partial charge in [0, 0.05) is 6.54 Å². The van der Waals surface area contributed by atoms with Crippen LogP contribution in [0.15, 0.2) is 0 Å². The number of carbonyl (C=O) groups excluding carboxylic acids is 3. The Kier molecular flexibility index (Phi) is 8.72. The molecular weight excluding hydrogens is 222 g/mol. The quantitative estimate of drug-likeness (QED) is 0.504. The maximum Gasteiger partial charge on any atom is 0.315 e. The molecule has 0 saturated carbocycles. The highest BCUT2D eigenvalue weighted by molar-refractivity contribution is 5.83. The van der Waals surface area contributed by atoms with Gasteiger partial charge in [-0.2, -0.15) is 0 Å². The van der Waals surface area contributed by atoms with Crippen molar-refractivity contribution in [3.63, 3.8) is 0 Å². The van der Waals surface area contributed by atoms with Gasteiger partial charge in [-0.25, -0.2) is 4.79 Å². The van der Waals surface area contributed by atoms with E-state index < -0.39 is 18.0 Å². The van der Waals surface area contributed by atoms with E-state index in [9.17, 15) is 14.4 Å². The van der Waals surface area contributed by atoms with Gasteiger partial charge in [-0.3, -0.25) is 9.59 Å². The molecule has 0 aliphatic heterocycles. The lowest BCUT2D eigenvalue weighted by Gasteiger charge is -2.11. The van der Waals surface area contributed by atoms with Gasteiger partial charge in [-0.15, -0.1) is 0 Å². The average molecular weight is 242 g/mol. The number of amides is 3. The predicted octanol–water partition coefficient (Wildman–Crippen LogP) is 0.220. The third-order valence-electron chi connectivity index (χ3n) is 2.17. The first-order valence-electron chi connectivity index (χ1n) is 5.80. The standard InChI is InChI=1S/C11H20N3O3/c1-2-3-4-5-6-13-11(17)14-9(8-15)7-10(12)16/h9H,2-7H2,1H3,(H2,12,16)(H2,13,14,17)/t9-/m1/s1. The first kappa shape index (κ1) is 15.4. The lowest BCUT2D eigenvalue weighted by atomic mass is 10.2. The van der Waals surface area contributed by atoms with Crippen molar-refractivity contribution < 1.29 is 14.4 Å². The zero-order chi connectivity index (χ0) is 13.1. The molecule has 97 valence electrons. The van der Waals surface area contributed by atoms with Gasteiger partial charge in [0.05, 0.1) is 6.42 Å². The van der Waals surface area contributed by atoms with Crippen LogP contribution in [-0.2, 0) is 9.59 Å². The van der Waals surface area contributed by atoms with Crippen LogP contribution in [0.3, 0.4) is 0 Å². The van der Waals surface area contributed by atoms with Gasteiger partial charge in [0.15, 0.2) is 0 Å². The molecule has 0 heterocycles. The van der Waals surface area contributed by atoms with Gasteiger partial charge in [-0.05, 0) is 6.42 Å². The zero-order valence-electron chi connectivity index (χ0n) is 10.1. The summed E-state index contributed by atoms with van der Waals surface area (Å²) in [4.78, 5) is 32.2. The number of hydrogen-bond donors (Lipinski definition) is 3. The largest absolute Gasteiger partial charge is 0.370 e. The van der Waals surface area contributed by atoms with Crippen LogP contribution in [0.5, 0.6) is 0 Å². The molecular formula is C11H20N3O3. The molecule has 0 aromatic heterocycles. The summed E-state index contributed by atoms with van der Waals surface area (Å²) in [5.41, 5.74) is 4.91. The van der Waals surface area contributed by atoms with Crippen LogP contribution < -0.4 is 16.4 Å². The van der Waals surface area contributed by atoms with E-state index >= 15 is 0 Å². The van der Waals surface area contributed by atoms with Crippen molar-refractivity contribution in [3.8, 4) is 0 Å². The second-order valence-corrected chi connectivity index (χ2v) is 3.80. The molecule has 0 bridgehead atoms. The lowest BCUT2D eigenvalue weighted by Crippen LogP contribution is -2.44. The molecule has 0 aromatic rings. The maximum atomic E-state index is 11.3. The van der Waals surface area contributed by atoms with Gasteiger partial charge in [0.25, 0.3) is 0 Å². The van der Waals surface area contributed by atoms with Crippen LogP contribution in [0.1, 0.15) is 39.0 Å². The molecule has 0 aromatic carbocycles. The van der Waals surface area contributed by atoms with Crippen molar-refractivity contribution in [1.82, 2.24) is 10.6 Å². The van der Waals surface area contributed by atoms with E-state index in [1.807, 2.05) is 0 Å². The summed E-state index contributed by atoms with van der Waals surface area (Å²) in [6, 6.07) is -1.45. The third-order valence-corrected chi connectivity index (χ3v) is 2.17. The highest BCUT2D eigenvalue weighted by Gasteiger charge is 2.14. The minimum atomic E-state index is -0.969. The number of hydrogen-bond acceptors (Lipinski definition) is 3. The highest BCUT2D eigenvalue weighted by atomic mass is 16.2. The van der Waals surface area contributed by atoms with E-state index in [1.54, 1.807) is 6.29 Å². The van der Waals surface area contributed by atoms with E-state index in [1.165, 1.54) is 0 Å². The summed E-state index contributed by atoms with van der Waals surface area (Å²) in [7, 11) is 0. The molecule has 0 rings (SSSR count). The Morgan fingerprint density at radius 1 is 1.29 bits per heavy atom. The number of unbranched alkanes of at least 4 members (excludes halogenated alkanes) is 3. The third kappa shape index (κ3) is 9.35. The second kappa shape index (κ2) is 9.62. The number of primary amides is 1. The highest BCUT2D eigenvalue weighted by Crippen LogP contribution is 1.96. The molecule has 1 radical (unpaired) electrons. The van der Waals surface area contributed by atoms with E-state index in [4.69, 9.17) is 5.73 Å². The smallest absolute Gasteiger partial charge is 0.315 e. The molecule has 17 heavy (non-hydrogen) atoms. The summed E-state index contributed by atoms with van der Waals surface area (Å²) in [5.74, 6) is -0.651. The summed E-state index contributed by atoms with van der Waals surface area (Å²) in [6.45, 7) is 2.66. The molecule has 6 nitrogen and oxygen atoms in total. The number of rotatable bonds is 9. The Balaban J connectivity index is 3.68. The number of nitrogens with two attached hydrogens (primary N) is 1. The maximum absolute atomic E-state index is 11.3. The molecule has 0 saturated heterocycles. The van der Waals surface area contributed by atoms with Gasteiger partial charge in [0.1, 0.15) is 6.04 Å². The number of urea groups is 1. The van der Waals surface area contributed by atoms with Gasteiger partial charge in [0.2, 0.25) is 12.2 Å². The zero-order valence-corrected chi connectivity index (χ0v) is 10.1. The molecule has 4 N–H and O–H groups in total. The summed E-state index contributed by atoms with van der Waals surface area (Å²) < 4.78 is 0. The van der Waals surface area contributed by atoms with Crippen molar-refractivity contribution in [1.29, 1.82) is 0 Å². The fourth-order valence-electron chi connectivity index (χ4n) is 1.29. The Hall–Kier alpha value is -1.59. The van der Waals surface area contributed by atoms with Gasteiger partial charge in [-0.1, -0.05) is 26.2 Å². The normalized spacial score (nSPS) is 11.6. The topological polar surface area (TPSA) is 101 Å². The van der Waals surface area contributed by atoms with Crippen LogP contribution in [0.2, 0.25) is 0 Å². The Morgan fingerprint density at radius 3 is 2.53 bits per heavy atom. The molecule has 0 aliphatic rings. The number of nitrogens with one attached hydrogen (secondary N) is 2. The minimum absolute atomic E-state index is 0.229. The lowest BCUT2D eigenvalue weighted by molar-refractivity contribution is -0.118. The molecule has 0 unspecified atom stereocenters. The van der Waals surface area contributed by atoms with Gasteiger partial charge < -0.3 is 16.4 Å². The van der Waals surface area contributed by atoms with Crippen LogP contribution >= 0.6 is 0 Å². The fourth-order valence-corrected chi connectivity index (χ4v) is 1.29. The van der Waals surface area contributed by atoms with Crippen molar-refractivity contribution >= 4 is 18.2 Å². The van der Waals surface area contributed by atoms with E-state index in [0.717, 1.165) is 25.7 Å². The van der Waals surface area contributed by atoms with Crippen molar-refractivity contribution in [2.24, 2.45) is 5.73 Å². The molecule has 3 amide bonds. The molecule has 1 atom stereocenters. The summed E-state index contributed by atoms with van der Waals surface area (Å²) >= 11 is 0. The van der Waals surface area contributed by atoms with Gasteiger partial charge >= 0.3 is 6.03 Å². The molecule has 0 aliphatic carbocycles. The molecule has 0 spiro atoms. The number of carbonyl (C=O) groups is 2. The monoisotopic (exact) mass is 242 g/mol. The SMILES string of the molecule is CCCCCCNC(=O)N[C@@H]([C]=O)CC(N)=O. The second-order valence-electron chi connectivity index (χ2n) is 3.80. The molecule has 6 heteroatoms. The Labute approximate surface area is 101 Å². The minimum Gasteiger partial charge on any atom is -0.370 e. The van der Waals surface area contributed by atoms with E-state index in [2.05, 4.69) is 17.6 Å². The van der Waals surface area contributed by atoms with Crippen LogP contribution in [0.25, 0.3) is 0 Å².